The zero-order valence-corrected chi connectivity index (χ0v) is 6.09. The fraction of sp³-hybridized carbons (Fsp3) is 0.286. The van der Waals surface area contributed by atoms with Crippen molar-refractivity contribution in [1.82, 2.24) is 5.32 Å². The fourth-order valence-electron chi connectivity index (χ4n) is 0.763. The van der Waals surface area contributed by atoms with Crippen LogP contribution < -0.4 is 10.4 Å². The monoisotopic (exact) mass is 154 g/mol. The maximum Gasteiger partial charge on any atom is 0.339 e. The SMILES string of the molecule is COC(=O)C1=CNCC([O-])=C1. The van der Waals surface area contributed by atoms with Gasteiger partial charge in [-0.1, -0.05) is 6.08 Å². The van der Waals surface area contributed by atoms with Gasteiger partial charge in [-0.25, -0.2) is 4.79 Å². The van der Waals surface area contributed by atoms with E-state index in [4.69, 9.17) is 0 Å². The van der Waals surface area contributed by atoms with Gasteiger partial charge in [0.15, 0.2) is 0 Å². The Morgan fingerprint density at radius 2 is 2.55 bits per heavy atom. The molecule has 1 heterocycles. The highest BCUT2D eigenvalue weighted by Crippen LogP contribution is 2.03. The molecule has 0 saturated heterocycles. The summed E-state index contributed by atoms with van der Waals surface area (Å²) in [4.78, 5) is 10.8. The number of nitrogens with one attached hydrogen (secondary N) is 1. The van der Waals surface area contributed by atoms with Crippen molar-refractivity contribution in [3.05, 3.63) is 23.6 Å². The number of esters is 1. The van der Waals surface area contributed by atoms with Gasteiger partial charge in [-0.3, -0.25) is 0 Å². The number of hydrogen-bond acceptors (Lipinski definition) is 4. The summed E-state index contributed by atoms with van der Waals surface area (Å²) in [7, 11) is 1.27. The molecule has 0 spiro atoms. The van der Waals surface area contributed by atoms with Gasteiger partial charge in [-0.15, -0.1) is 5.76 Å². The molecule has 0 unspecified atom stereocenters. The van der Waals surface area contributed by atoms with Crippen LogP contribution in [0.3, 0.4) is 0 Å². The lowest BCUT2D eigenvalue weighted by molar-refractivity contribution is -0.304. The van der Waals surface area contributed by atoms with E-state index >= 15 is 0 Å². The van der Waals surface area contributed by atoms with E-state index < -0.39 is 5.97 Å². The predicted octanol–water partition coefficient (Wildman–Crippen LogP) is -1.11. The van der Waals surface area contributed by atoms with Crippen molar-refractivity contribution >= 4 is 5.97 Å². The lowest BCUT2D eigenvalue weighted by Crippen LogP contribution is -2.24. The summed E-state index contributed by atoms with van der Waals surface area (Å²) in [5.74, 6) is -0.613. The van der Waals surface area contributed by atoms with Crippen molar-refractivity contribution < 1.29 is 14.6 Å². The zero-order valence-electron chi connectivity index (χ0n) is 6.09. The third-order valence-corrected chi connectivity index (χ3v) is 1.27. The number of rotatable bonds is 1. The third-order valence-electron chi connectivity index (χ3n) is 1.27. The van der Waals surface area contributed by atoms with Crippen molar-refractivity contribution in [3.63, 3.8) is 0 Å². The van der Waals surface area contributed by atoms with Crippen LogP contribution in [0.1, 0.15) is 0 Å². The molecule has 0 aromatic heterocycles. The smallest absolute Gasteiger partial charge is 0.339 e. The zero-order chi connectivity index (χ0) is 8.27. The molecule has 0 amide bonds. The van der Waals surface area contributed by atoms with Crippen LogP contribution in [0.4, 0.5) is 0 Å². The van der Waals surface area contributed by atoms with Crippen LogP contribution in [-0.4, -0.2) is 19.6 Å². The molecule has 1 N–H and O–H groups in total. The van der Waals surface area contributed by atoms with Crippen LogP contribution in [0.2, 0.25) is 0 Å². The van der Waals surface area contributed by atoms with Crippen LogP contribution in [0.5, 0.6) is 0 Å². The molecule has 0 aliphatic carbocycles. The molecule has 0 atom stereocenters. The highest BCUT2D eigenvalue weighted by Gasteiger charge is 2.07. The summed E-state index contributed by atoms with van der Waals surface area (Å²) in [6, 6.07) is 0. The van der Waals surface area contributed by atoms with E-state index in [-0.39, 0.29) is 17.9 Å². The second kappa shape index (κ2) is 3.09. The molecule has 1 aliphatic heterocycles. The Bertz CT molecular complexity index is 230. The van der Waals surface area contributed by atoms with Crippen molar-refractivity contribution in [2.45, 2.75) is 0 Å². The Morgan fingerprint density at radius 3 is 3.09 bits per heavy atom. The molecule has 4 nitrogen and oxygen atoms in total. The molecule has 0 bridgehead atoms. The van der Waals surface area contributed by atoms with Gasteiger partial charge < -0.3 is 15.2 Å². The second-order valence-corrected chi connectivity index (χ2v) is 2.08. The van der Waals surface area contributed by atoms with Gasteiger partial charge >= 0.3 is 5.97 Å². The predicted molar refractivity (Wildman–Crippen MR) is 36.2 cm³/mol. The molecule has 60 valence electrons. The van der Waals surface area contributed by atoms with Gasteiger partial charge in [-0.05, 0) is 0 Å². The molecule has 0 aromatic rings. The number of hydrogen-bond donors (Lipinski definition) is 1. The number of carbonyl (C=O) groups is 1. The first-order valence-corrected chi connectivity index (χ1v) is 3.13. The Kier molecular flexibility index (Phi) is 2.15. The molecular formula is C7H8NO3-. The van der Waals surface area contributed by atoms with E-state index in [1.807, 2.05) is 0 Å². The highest BCUT2D eigenvalue weighted by molar-refractivity contribution is 5.91. The van der Waals surface area contributed by atoms with E-state index in [9.17, 15) is 9.90 Å². The number of dihydropyridines is 1. The van der Waals surface area contributed by atoms with Crippen LogP contribution >= 0.6 is 0 Å². The minimum absolute atomic E-state index is 0.118. The molecule has 0 aromatic carbocycles. The molecule has 4 heteroatoms. The van der Waals surface area contributed by atoms with Gasteiger partial charge in [-0.2, -0.15) is 0 Å². The summed E-state index contributed by atoms with van der Waals surface area (Å²) in [6.45, 7) is 0.250. The summed E-state index contributed by atoms with van der Waals surface area (Å²) < 4.78 is 4.41. The Balaban J connectivity index is 2.73. The van der Waals surface area contributed by atoms with Crippen molar-refractivity contribution in [1.29, 1.82) is 0 Å². The van der Waals surface area contributed by atoms with Crippen molar-refractivity contribution in [2.24, 2.45) is 0 Å². The molecule has 1 aliphatic rings. The summed E-state index contributed by atoms with van der Waals surface area (Å²) in [6.07, 6.45) is 2.73. The maximum atomic E-state index is 10.8. The van der Waals surface area contributed by atoms with Crippen LogP contribution in [0.15, 0.2) is 23.6 Å². The summed E-state index contributed by atoms with van der Waals surface area (Å²) in [5, 5.41) is 13.4. The van der Waals surface area contributed by atoms with Crippen molar-refractivity contribution in [2.75, 3.05) is 13.7 Å². The molecule has 0 radical (unpaired) electrons. The average Bonchev–Trinajstić information content (AvgIpc) is 2.03. The van der Waals surface area contributed by atoms with Gasteiger partial charge in [0.1, 0.15) is 0 Å². The van der Waals surface area contributed by atoms with Gasteiger partial charge in [0, 0.05) is 12.7 Å². The van der Waals surface area contributed by atoms with Gasteiger partial charge in [0.25, 0.3) is 0 Å². The largest absolute Gasteiger partial charge is 0.874 e. The minimum Gasteiger partial charge on any atom is -0.874 e. The fourth-order valence-corrected chi connectivity index (χ4v) is 0.763. The summed E-state index contributed by atoms with van der Waals surface area (Å²) in [5.41, 5.74) is 0.267. The van der Waals surface area contributed by atoms with E-state index in [0.29, 0.717) is 0 Å². The van der Waals surface area contributed by atoms with Crippen LogP contribution in [0.25, 0.3) is 0 Å². The first kappa shape index (κ1) is 7.65. The van der Waals surface area contributed by atoms with Gasteiger partial charge in [0.05, 0.1) is 12.7 Å². The molecule has 11 heavy (non-hydrogen) atoms. The molecule has 0 fully saturated rings. The standard InChI is InChI=1S/C7H9NO3/c1-11-7(10)5-2-6(9)4-8-3-5/h2-3,8-9H,4H2,1H3/p-1. The normalized spacial score (nSPS) is 16.1. The maximum absolute atomic E-state index is 10.8. The number of methoxy groups -OCH3 is 1. The molecule has 0 saturated carbocycles. The van der Waals surface area contributed by atoms with E-state index in [2.05, 4.69) is 10.1 Å². The Hall–Kier alpha value is -1.45. The van der Waals surface area contributed by atoms with Gasteiger partial charge in [0.2, 0.25) is 0 Å². The molecular weight excluding hydrogens is 146 g/mol. The Labute approximate surface area is 64.2 Å². The quantitative estimate of drug-likeness (QED) is 0.486. The average molecular weight is 154 g/mol. The van der Waals surface area contributed by atoms with Crippen LogP contribution in [-0.2, 0) is 9.53 Å². The molecule has 1 rings (SSSR count). The topological polar surface area (TPSA) is 61.4 Å². The van der Waals surface area contributed by atoms with E-state index in [1.165, 1.54) is 19.4 Å². The lowest BCUT2D eigenvalue weighted by Gasteiger charge is -2.17. The highest BCUT2D eigenvalue weighted by atomic mass is 16.5. The van der Waals surface area contributed by atoms with E-state index in [0.717, 1.165) is 0 Å². The second-order valence-electron chi connectivity index (χ2n) is 2.08. The third kappa shape index (κ3) is 1.73. The minimum atomic E-state index is -0.495. The number of carbonyl (C=O) groups excluding carboxylic acids is 1. The first-order chi connectivity index (χ1) is 5.24. The first-order valence-electron chi connectivity index (χ1n) is 3.13. The van der Waals surface area contributed by atoms with E-state index in [1.54, 1.807) is 0 Å². The lowest BCUT2D eigenvalue weighted by atomic mass is 10.2. The Morgan fingerprint density at radius 1 is 1.82 bits per heavy atom. The number of ether oxygens (including phenoxy) is 1. The van der Waals surface area contributed by atoms with Crippen LogP contribution in [0, 0.1) is 0 Å². The summed E-state index contributed by atoms with van der Waals surface area (Å²) >= 11 is 0. The van der Waals surface area contributed by atoms with Crippen molar-refractivity contribution in [3.8, 4) is 0 Å².